The first kappa shape index (κ1) is 12.8. The molecule has 1 heterocycles. The van der Waals surface area contributed by atoms with Crippen molar-refractivity contribution in [2.24, 2.45) is 0 Å². The molecule has 1 atom stereocenters. The summed E-state index contributed by atoms with van der Waals surface area (Å²) in [5.74, 6) is 0. The highest BCUT2D eigenvalue weighted by Gasteiger charge is 2.11. The Morgan fingerprint density at radius 2 is 1.85 bits per heavy atom. The average Bonchev–Trinajstić information content (AvgIpc) is 2.47. The van der Waals surface area contributed by atoms with Gasteiger partial charge in [0.05, 0.1) is 6.10 Å². The summed E-state index contributed by atoms with van der Waals surface area (Å²) in [4.78, 5) is 4.15. The Morgan fingerprint density at radius 3 is 2.70 bits per heavy atom. The zero-order valence-electron chi connectivity index (χ0n) is 11.5. The number of hydrogen-bond donors (Lipinski definition) is 1. The van der Waals surface area contributed by atoms with Crippen molar-refractivity contribution in [3.8, 4) is 0 Å². The second kappa shape index (κ2) is 5.43. The molecule has 0 aliphatic heterocycles. The molecule has 1 N–H and O–H groups in total. The minimum Gasteiger partial charge on any atom is -0.388 e. The number of rotatable bonds is 3. The third kappa shape index (κ3) is 2.56. The van der Waals surface area contributed by atoms with Crippen molar-refractivity contribution < 1.29 is 5.11 Å². The molecule has 0 bridgehead atoms. The molecule has 0 aliphatic rings. The normalized spacial score (nSPS) is 12.5. The third-order valence-corrected chi connectivity index (χ3v) is 3.57. The molecule has 0 saturated carbocycles. The molecule has 2 heteroatoms. The SMILES string of the molecule is Cc1cncc(C(O)Cc2cccc3ccccc23)c1. The van der Waals surface area contributed by atoms with Crippen molar-refractivity contribution in [2.75, 3.05) is 0 Å². The number of fused-ring (bicyclic) bond motifs is 1. The summed E-state index contributed by atoms with van der Waals surface area (Å²) in [5, 5.41) is 12.8. The van der Waals surface area contributed by atoms with Crippen LogP contribution in [0, 0.1) is 6.92 Å². The van der Waals surface area contributed by atoms with E-state index < -0.39 is 6.10 Å². The lowest BCUT2D eigenvalue weighted by Gasteiger charge is -2.13. The summed E-state index contributed by atoms with van der Waals surface area (Å²) in [6.45, 7) is 1.99. The van der Waals surface area contributed by atoms with E-state index in [9.17, 15) is 5.11 Å². The van der Waals surface area contributed by atoms with Gasteiger partial charge in [-0.05, 0) is 34.4 Å². The Bertz CT molecular complexity index is 731. The van der Waals surface area contributed by atoms with Crippen LogP contribution in [-0.2, 0) is 6.42 Å². The molecule has 3 rings (SSSR count). The van der Waals surface area contributed by atoms with Gasteiger partial charge in [-0.15, -0.1) is 0 Å². The molecule has 1 aromatic heterocycles. The number of aryl methyl sites for hydroxylation is 1. The second-order valence-electron chi connectivity index (χ2n) is 5.15. The van der Waals surface area contributed by atoms with Crippen LogP contribution in [0.2, 0.25) is 0 Å². The Kier molecular flexibility index (Phi) is 3.48. The molecule has 0 amide bonds. The van der Waals surface area contributed by atoms with Crippen LogP contribution < -0.4 is 0 Å². The Balaban J connectivity index is 1.93. The van der Waals surface area contributed by atoms with Crippen molar-refractivity contribution >= 4 is 10.8 Å². The highest BCUT2D eigenvalue weighted by Crippen LogP contribution is 2.24. The van der Waals surface area contributed by atoms with E-state index >= 15 is 0 Å². The van der Waals surface area contributed by atoms with Crippen molar-refractivity contribution in [3.05, 3.63) is 77.6 Å². The molecular weight excluding hydrogens is 246 g/mol. The summed E-state index contributed by atoms with van der Waals surface area (Å²) in [6, 6.07) is 16.5. The number of pyridine rings is 1. The van der Waals surface area contributed by atoms with Gasteiger partial charge in [0.15, 0.2) is 0 Å². The molecule has 3 aromatic rings. The highest BCUT2D eigenvalue weighted by atomic mass is 16.3. The van der Waals surface area contributed by atoms with Gasteiger partial charge in [-0.25, -0.2) is 0 Å². The first-order valence-corrected chi connectivity index (χ1v) is 6.80. The molecule has 0 saturated heterocycles. The van der Waals surface area contributed by atoms with E-state index in [1.165, 1.54) is 10.8 Å². The number of aliphatic hydroxyl groups is 1. The summed E-state index contributed by atoms with van der Waals surface area (Å²) in [5.41, 5.74) is 3.11. The predicted octanol–water partition coefficient (Wildman–Crippen LogP) is 3.82. The molecule has 20 heavy (non-hydrogen) atoms. The van der Waals surface area contributed by atoms with E-state index in [4.69, 9.17) is 0 Å². The predicted molar refractivity (Wildman–Crippen MR) is 81.6 cm³/mol. The molecule has 0 fully saturated rings. The number of aliphatic hydroxyl groups excluding tert-OH is 1. The van der Waals surface area contributed by atoms with Gasteiger partial charge >= 0.3 is 0 Å². The van der Waals surface area contributed by atoms with Crippen LogP contribution in [0.1, 0.15) is 22.8 Å². The maximum absolute atomic E-state index is 10.4. The standard InChI is InChI=1S/C18H17NO/c1-13-9-16(12-19-11-13)18(20)10-15-7-4-6-14-5-2-3-8-17(14)15/h2-9,11-12,18,20H,10H2,1H3. The van der Waals surface area contributed by atoms with Crippen molar-refractivity contribution in [2.45, 2.75) is 19.4 Å². The van der Waals surface area contributed by atoms with Crippen molar-refractivity contribution in [1.82, 2.24) is 4.98 Å². The number of aromatic nitrogens is 1. The van der Waals surface area contributed by atoms with Gasteiger partial charge < -0.3 is 5.11 Å². The molecule has 1 unspecified atom stereocenters. The number of nitrogens with zero attached hydrogens (tertiary/aromatic N) is 1. The van der Waals surface area contributed by atoms with Gasteiger partial charge in [0, 0.05) is 18.8 Å². The van der Waals surface area contributed by atoms with E-state index in [1.54, 1.807) is 12.4 Å². The Labute approximate surface area is 118 Å². The zero-order chi connectivity index (χ0) is 13.9. The van der Waals surface area contributed by atoms with Crippen molar-refractivity contribution in [3.63, 3.8) is 0 Å². The summed E-state index contributed by atoms with van der Waals surface area (Å²) in [7, 11) is 0. The van der Waals surface area contributed by atoms with Crippen LogP contribution in [0.15, 0.2) is 60.9 Å². The number of benzene rings is 2. The van der Waals surface area contributed by atoms with Gasteiger partial charge in [-0.2, -0.15) is 0 Å². The smallest absolute Gasteiger partial charge is 0.0845 e. The van der Waals surface area contributed by atoms with E-state index in [1.807, 2.05) is 31.2 Å². The van der Waals surface area contributed by atoms with E-state index in [0.717, 1.165) is 16.7 Å². The molecular formula is C18H17NO. The van der Waals surface area contributed by atoms with Gasteiger partial charge in [-0.3, -0.25) is 4.98 Å². The minimum absolute atomic E-state index is 0.520. The van der Waals surface area contributed by atoms with Gasteiger partial charge in [0.2, 0.25) is 0 Å². The monoisotopic (exact) mass is 263 g/mol. The lowest BCUT2D eigenvalue weighted by molar-refractivity contribution is 0.178. The van der Waals surface area contributed by atoms with Crippen LogP contribution >= 0.6 is 0 Å². The third-order valence-electron chi connectivity index (χ3n) is 3.57. The first-order chi connectivity index (χ1) is 9.74. The largest absolute Gasteiger partial charge is 0.388 e. The van der Waals surface area contributed by atoms with Crippen LogP contribution in [-0.4, -0.2) is 10.1 Å². The average molecular weight is 263 g/mol. The lowest BCUT2D eigenvalue weighted by atomic mass is 9.97. The van der Waals surface area contributed by atoms with E-state index in [2.05, 4.69) is 29.2 Å². The van der Waals surface area contributed by atoms with E-state index in [0.29, 0.717) is 6.42 Å². The second-order valence-corrected chi connectivity index (χ2v) is 5.15. The fourth-order valence-electron chi connectivity index (χ4n) is 2.56. The first-order valence-electron chi connectivity index (χ1n) is 6.80. The number of hydrogen-bond acceptors (Lipinski definition) is 2. The summed E-state index contributed by atoms with van der Waals surface area (Å²) in [6.07, 6.45) is 3.62. The lowest BCUT2D eigenvalue weighted by Crippen LogP contribution is -2.03. The topological polar surface area (TPSA) is 33.1 Å². The maximum atomic E-state index is 10.4. The molecule has 0 radical (unpaired) electrons. The van der Waals surface area contributed by atoms with Gasteiger partial charge in [0.25, 0.3) is 0 Å². The Hall–Kier alpha value is -2.19. The van der Waals surface area contributed by atoms with Crippen LogP contribution in [0.3, 0.4) is 0 Å². The fourth-order valence-corrected chi connectivity index (χ4v) is 2.56. The van der Waals surface area contributed by atoms with Crippen LogP contribution in [0.25, 0.3) is 10.8 Å². The summed E-state index contributed by atoms with van der Waals surface area (Å²) < 4.78 is 0. The van der Waals surface area contributed by atoms with E-state index in [-0.39, 0.29) is 0 Å². The van der Waals surface area contributed by atoms with Gasteiger partial charge in [-0.1, -0.05) is 48.5 Å². The van der Waals surface area contributed by atoms with Gasteiger partial charge in [0.1, 0.15) is 0 Å². The Morgan fingerprint density at radius 1 is 1.05 bits per heavy atom. The molecule has 0 aliphatic carbocycles. The molecule has 2 nitrogen and oxygen atoms in total. The molecule has 100 valence electrons. The van der Waals surface area contributed by atoms with Crippen LogP contribution in [0.4, 0.5) is 0 Å². The quantitative estimate of drug-likeness (QED) is 0.779. The van der Waals surface area contributed by atoms with Crippen LogP contribution in [0.5, 0.6) is 0 Å². The minimum atomic E-state index is -0.520. The summed E-state index contributed by atoms with van der Waals surface area (Å²) >= 11 is 0. The molecule has 2 aromatic carbocycles. The highest BCUT2D eigenvalue weighted by molar-refractivity contribution is 5.85. The fraction of sp³-hybridized carbons (Fsp3) is 0.167. The maximum Gasteiger partial charge on any atom is 0.0845 e. The van der Waals surface area contributed by atoms with Crippen molar-refractivity contribution in [1.29, 1.82) is 0 Å². The molecule has 0 spiro atoms. The zero-order valence-corrected chi connectivity index (χ0v) is 11.5.